The molecule has 0 aliphatic carbocycles. The number of urea groups is 1. The van der Waals surface area contributed by atoms with Gasteiger partial charge in [0, 0.05) is 12.2 Å². The summed E-state index contributed by atoms with van der Waals surface area (Å²) in [4.78, 5) is 11.8. The molecule has 3 nitrogen and oxygen atoms in total. The van der Waals surface area contributed by atoms with Crippen LogP contribution in [0, 0.1) is 0 Å². The van der Waals surface area contributed by atoms with Gasteiger partial charge in [-0.05, 0) is 35.9 Å². The van der Waals surface area contributed by atoms with Crippen molar-refractivity contribution < 1.29 is 31.1 Å². The molecule has 11 heteroatoms. The van der Waals surface area contributed by atoms with Gasteiger partial charge < -0.3 is 10.6 Å². The minimum absolute atomic E-state index is 0.106. The van der Waals surface area contributed by atoms with Gasteiger partial charge in [0.1, 0.15) is 0 Å². The summed E-state index contributed by atoms with van der Waals surface area (Å²) in [6, 6.07) is 4.94. The fraction of sp³-hybridized carbons (Fsp3) is 0.188. The van der Waals surface area contributed by atoms with E-state index < -0.39 is 39.6 Å². The van der Waals surface area contributed by atoms with E-state index in [-0.39, 0.29) is 17.8 Å². The van der Waals surface area contributed by atoms with Gasteiger partial charge in [-0.3, -0.25) is 0 Å². The molecule has 0 heterocycles. The Morgan fingerprint density at radius 3 is 1.93 bits per heavy atom. The molecule has 0 aliphatic rings. The zero-order valence-corrected chi connectivity index (χ0v) is 14.6. The van der Waals surface area contributed by atoms with Crippen LogP contribution in [0.5, 0.6) is 0 Å². The third-order valence-corrected chi connectivity index (χ3v) is 3.98. The number of anilines is 1. The number of halogens is 8. The van der Waals surface area contributed by atoms with Gasteiger partial charge in [-0.1, -0.05) is 29.3 Å². The lowest BCUT2D eigenvalue weighted by Gasteiger charge is -2.13. The SMILES string of the molecule is O=C(NCc1ccc(Cl)c(C(F)(F)F)c1)Nc1ccc(Cl)c(C(F)(F)F)c1. The molecule has 0 aliphatic heterocycles. The van der Waals surface area contributed by atoms with Gasteiger partial charge in [-0.2, -0.15) is 26.3 Å². The summed E-state index contributed by atoms with van der Waals surface area (Å²) in [5.41, 5.74) is -2.27. The molecule has 0 saturated heterocycles. The Hall–Kier alpha value is -2.13. The molecule has 2 aromatic carbocycles. The van der Waals surface area contributed by atoms with Crippen molar-refractivity contribution in [1.29, 1.82) is 0 Å². The van der Waals surface area contributed by atoms with E-state index in [4.69, 9.17) is 23.2 Å². The lowest BCUT2D eigenvalue weighted by atomic mass is 10.1. The number of nitrogens with one attached hydrogen (secondary N) is 2. The monoisotopic (exact) mass is 430 g/mol. The van der Waals surface area contributed by atoms with Crippen molar-refractivity contribution in [3.8, 4) is 0 Å². The van der Waals surface area contributed by atoms with E-state index in [1.54, 1.807) is 0 Å². The van der Waals surface area contributed by atoms with Crippen molar-refractivity contribution in [2.24, 2.45) is 0 Å². The highest BCUT2D eigenvalue weighted by atomic mass is 35.5. The Morgan fingerprint density at radius 2 is 1.37 bits per heavy atom. The first-order valence-corrected chi connectivity index (χ1v) is 7.91. The van der Waals surface area contributed by atoms with E-state index in [1.807, 2.05) is 0 Å². The predicted molar refractivity (Wildman–Crippen MR) is 88.8 cm³/mol. The Labute approximate surface area is 159 Å². The molecule has 0 bridgehead atoms. The van der Waals surface area contributed by atoms with E-state index >= 15 is 0 Å². The van der Waals surface area contributed by atoms with Crippen LogP contribution in [0.3, 0.4) is 0 Å². The fourth-order valence-corrected chi connectivity index (χ4v) is 2.53. The molecule has 0 atom stereocenters. The highest BCUT2D eigenvalue weighted by Crippen LogP contribution is 2.36. The molecule has 0 spiro atoms. The second-order valence-electron chi connectivity index (χ2n) is 5.31. The number of alkyl halides is 6. The van der Waals surface area contributed by atoms with Crippen LogP contribution in [0.1, 0.15) is 16.7 Å². The second kappa shape index (κ2) is 7.85. The Kier molecular flexibility index (Phi) is 6.16. The van der Waals surface area contributed by atoms with Gasteiger partial charge >= 0.3 is 18.4 Å². The summed E-state index contributed by atoms with van der Waals surface area (Å²) in [7, 11) is 0. The molecular weight excluding hydrogens is 421 g/mol. The lowest BCUT2D eigenvalue weighted by molar-refractivity contribution is -0.138. The molecule has 0 unspecified atom stereocenters. The van der Waals surface area contributed by atoms with Crippen molar-refractivity contribution in [1.82, 2.24) is 5.32 Å². The van der Waals surface area contributed by atoms with Gasteiger partial charge in [0.05, 0.1) is 21.2 Å². The van der Waals surface area contributed by atoms with E-state index in [2.05, 4.69) is 10.6 Å². The van der Waals surface area contributed by atoms with Crippen molar-refractivity contribution >= 4 is 34.9 Å². The first-order valence-electron chi connectivity index (χ1n) is 7.15. The van der Waals surface area contributed by atoms with E-state index in [0.29, 0.717) is 6.07 Å². The Balaban J connectivity index is 2.06. The summed E-state index contributed by atoms with van der Waals surface area (Å²) >= 11 is 11.0. The maximum atomic E-state index is 12.8. The van der Waals surface area contributed by atoms with E-state index in [9.17, 15) is 31.1 Å². The predicted octanol–water partition coefficient (Wildman–Crippen LogP) is 6.35. The number of rotatable bonds is 3. The van der Waals surface area contributed by atoms with Crippen molar-refractivity contribution in [2.45, 2.75) is 18.9 Å². The zero-order chi connectivity index (χ0) is 20.4. The molecule has 2 rings (SSSR count). The minimum Gasteiger partial charge on any atom is -0.334 e. The number of hydrogen-bond acceptors (Lipinski definition) is 1. The van der Waals surface area contributed by atoms with Crippen LogP contribution in [0.4, 0.5) is 36.8 Å². The fourth-order valence-electron chi connectivity index (χ4n) is 2.08. The van der Waals surface area contributed by atoms with E-state index in [0.717, 1.165) is 24.3 Å². The molecule has 146 valence electrons. The number of amides is 2. The normalized spacial score (nSPS) is 12.0. The third kappa shape index (κ3) is 5.67. The van der Waals surface area contributed by atoms with Crippen LogP contribution in [-0.4, -0.2) is 6.03 Å². The van der Waals surface area contributed by atoms with Crippen LogP contribution in [0.25, 0.3) is 0 Å². The highest BCUT2D eigenvalue weighted by Gasteiger charge is 2.34. The van der Waals surface area contributed by atoms with Crippen molar-refractivity contribution in [2.75, 3.05) is 5.32 Å². The first-order chi connectivity index (χ1) is 12.4. The summed E-state index contributed by atoms with van der Waals surface area (Å²) < 4.78 is 76.7. The largest absolute Gasteiger partial charge is 0.417 e. The number of benzene rings is 2. The smallest absolute Gasteiger partial charge is 0.334 e. The zero-order valence-electron chi connectivity index (χ0n) is 13.1. The first kappa shape index (κ1) is 21.2. The van der Waals surface area contributed by atoms with E-state index in [1.165, 1.54) is 6.07 Å². The van der Waals surface area contributed by atoms with Crippen LogP contribution in [0.15, 0.2) is 36.4 Å². The molecular formula is C16H10Cl2F6N2O. The Bertz CT molecular complexity index is 852. The van der Waals surface area contributed by atoms with Gasteiger partial charge in [0.2, 0.25) is 0 Å². The molecule has 0 fully saturated rings. The van der Waals surface area contributed by atoms with Crippen LogP contribution < -0.4 is 10.6 Å². The molecule has 2 amide bonds. The van der Waals surface area contributed by atoms with Crippen LogP contribution >= 0.6 is 23.2 Å². The van der Waals surface area contributed by atoms with Crippen molar-refractivity contribution in [3.05, 3.63) is 63.1 Å². The molecule has 0 saturated carbocycles. The summed E-state index contributed by atoms with van der Waals surface area (Å²) in [6.45, 7) is -0.300. The molecule has 2 aromatic rings. The topological polar surface area (TPSA) is 41.1 Å². The lowest BCUT2D eigenvalue weighted by Crippen LogP contribution is -2.28. The number of carbonyl (C=O) groups excluding carboxylic acids is 1. The second-order valence-corrected chi connectivity index (χ2v) is 6.13. The van der Waals surface area contributed by atoms with Gasteiger partial charge in [0.25, 0.3) is 0 Å². The summed E-state index contributed by atoms with van der Waals surface area (Å²) in [5, 5.41) is 3.37. The number of hydrogen-bond donors (Lipinski definition) is 2. The van der Waals surface area contributed by atoms with Gasteiger partial charge in [0.15, 0.2) is 0 Å². The molecule has 0 radical (unpaired) electrons. The quantitative estimate of drug-likeness (QED) is 0.547. The number of carbonyl (C=O) groups is 1. The average Bonchev–Trinajstić information content (AvgIpc) is 2.53. The highest BCUT2D eigenvalue weighted by molar-refractivity contribution is 6.31. The van der Waals surface area contributed by atoms with Gasteiger partial charge in [-0.15, -0.1) is 0 Å². The van der Waals surface area contributed by atoms with Crippen LogP contribution in [0.2, 0.25) is 10.0 Å². The summed E-state index contributed by atoms with van der Waals surface area (Å²) in [6.07, 6.45) is -9.37. The van der Waals surface area contributed by atoms with Gasteiger partial charge in [-0.25, -0.2) is 4.79 Å². The standard InChI is InChI=1S/C16H10Cl2F6N2O/c17-12-3-1-8(5-10(12)15(19,20)21)7-25-14(27)26-9-2-4-13(18)11(6-9)16(22,23)24/h1-6H,7H2,(H2,25,26,27). The summed E-state index contributed by atoms with van der Waals surface area (Å²) in [5.74, 6) is 0. The molecule has 27 heavy (non-hydrogen) atoms. The minimum atomic E-state index is -4.71. The Morgan fingerprint density at radius 1 is 0.852 bits per heavy atom. The molecule has 2 N–H and O–H groups in total. The molecule has 0 aromatic heterocycles. The average molecular weight is 431 g/mol. The van der Waals surface area contributed by atoms with Crippen molar-refractivity contribution in [3.63, 3.8) is 0 Å². The maximum Gasteiger partial charge on any atom is 0.417 e. The third-order valence-electron chi connectivity index (χ3n) is 3.32. The maximum absolute atomic E-state index is 12.8. The van der Waals surface area contributed by atoms with Crippen LogP contribution in [-0.2, 0) is 18.9 Å².